The van der Waals surface area contributed by atoms with Crippen molar-refractivity contribution < 1.29 is 20.5 Å². The van der Waals surface area contributed by atoms with Crippen LogP contribution in [0.4, 0.5) is 0 Å². The highest BCUT2D eigenvalue weighted by molar-refractivity contribution is 6.30. The zero-order chi connectivity index (χ0) is 26.2. The summed E-state index contributed by atoms with van der Waals surface area (Å²) in [7, 11) is 0. The Labute approximate surface area is 247 Å². The lowest BCUT2D eigenvalue weighted by Crippen LogP contribution is -2.57. The van der Waals surface area contributed by atoms with Crippen molar-refractivity contribution in [3.63, 3.8) is 0 Å². The summed E-state index contributed by atoms with van der Waals surface area (Å²) in [5, 5.41) is 4.62. The molecule has 3 fully saturated rings. The molecule has 2 aliphatic heterocycles. The Morgan fingerprint density at radius 2 is 1.77 bits per heavy atom. The number of ether oxygens (including phenoxy) is 1. The zero-order valence-electron chi connectivity index (χ0n) is 24.3. The third-order valence-corrected chi connectivity index (χ3v) is 10.2. The second-order valence-corrected chi connectivity index (χ2v) is 13.6. The van der Waals surface area contributed by atoms with E-state index >= 15 is 0 Å². The number of fused-ring (bicyclic) bond motifs is 2. The number of likely N-dealkylation sites (tertiary alicyclic amines) is 1. The predicted octanol–water partition coefficient (Wildman–Crippen LogP) is 5.82. The Morgan fingerprint density at radius 3 is 2.45 bits per heavy atom. The standard InChI is InChI=1S/C32H47ClN2O2.CH4.2H2O/c1-21(2)30(31(36)35-18-17-27(32(3,4)20-35)22-13-15-23(33)16-14-22)34-19-26-24-9-5-7-11-28(24)37-29-12-8-6-10-25(26)29;;;/h7,11,13-16,21,24-30,34H,5-6,8-10,12,17-20H2,1-4H3;1H4;2*1H2/t24?,25?,26?,27?,28?,29?,30-;;;/m1.../s1. The van der Waals surface area contributed by atoms with Gasteiger partial charge in [0.2, 0.25) is 5.91 Å². The third-order valence-electron chi connectivity index (χ3n) is 9.92. The first kappa shape index (κ1) is 34.8. The topological polar surface area (TPSA) is 105 Å². The van der Waals surface area contributed by atoms with E-state index in [1.54, 1.807) is 0 Å². The normalized spacial score (nSPS) is 31.5. The van der Waals surface area contributed by atoms with E-state index in [2.05, 4.69) is 62.2 Å². The number of nitrogens with zero attached hydrogens (tertiary/aromatic N) is 1. The smallest absolute Gasteiger partial charge is 0.239 e. The summed E-state index contributed by atoms with van der Waals surface area (Å²) >= 11 is 6.14. The largest absolute Gasteiger partial charge is 0.412 e. The van der Waals surface area contributed by atoms with Crippen LogP contribution in [0.2, 0.25) is 5.02 Å². The molecule has 5 rings (SSSR count). The summed E-state index contributed by atoms with van der Waals surface area (Å²) in [6, 6.07) is 8.16. The molecule has 2 saturated heterocycles. The zero-order valence-corrected chi connectivity index (χ0v) is 25.1. The molecule has 6 unspecified atom stereocenters. The molecule has 6 nitrogen and oxygen atoms in total. The van der Waals surface area contributed by atoms with E-state index in [1.807, 2.05) is 12.1 Å². The molecule has 2 heterocycles. The minimum atomic E-state index is -0.134. The van der Waals surface area contributed by atoms with Gasteiger partial charge in [0.1, 0.15) is 0 Å². The van der Waals surface area contributed by atoms with Crippen molar-refractivity contribution in [2.75, 3.05) is 19.6 Å². The second kappa shape index (κ2) is 14.6. The molecule has 1 aromatic rings. The lowest BCUT2D eigenvalue weighted by atomic mass is 9.66. The van der Waals surface area contributed by atoms with Crippen LogP contribution in [-0.4, -0.2) is 59.6 Å². The average Bonchev–Trinajstić information content (AvgIpc) is 2.88. The van der Waals surface area contributed by atoms with Gasteiger partial charge < -0.3 is 25.9 Å². The van der Waals surface area contributed by atoms with E-state index in [9.17, 15) is 4.79 Å². The molecule has 5 N–H and O–H groups in total. The van der Waals surface area contributed by atoms with Crippen LogP contribution in [0.25, 0.3) is 0 Å². The maximum atomic E-state index is 14.0. The van der Waals surface area contributed by atoms with Crippen LogP contribution in [0.3, 0.4) is 0 Å². The summed E-state index contributed by atoms with van der Waals surface area (Å²) in [5.74, 6) is 2.77. The van der Waals surface area contributed by atoms with Gasteiger partial charge in [0.05, 0.1) is 18.2 Å². The van der Waals surface area contributed by atoms with Gasteiger partial charge in [-0.3, -0.25) is 4.79 Å². The summed E-state index contributed by atoms with van der Waals surface area (Å²) in [4.78, 5) is 16.1. The first-order valence-corrected chi connectivity index (χ1v) is 15.2. The number of nitrogens with one attached hydrogen (secondary N) is 1. The van der Waals surface area contributed by atoms with E-state index in [-0.39, 0.29) is 47.8 Å². The van der Waals surface area contributed by atoms with Crippen molar-refractivity contribution in [1.29, 1.82) is 0 Å². The lowest BCUT2D eigenvalue weighted by molar-refractivity contribution is -0.146. The minimum Gasteiger partial charge on any atom is -0.412 e. The molecule has 7 atom stereocenters. The Balaban J connectivity index is 0.00000187. The number of hydrogen-bond donors (Lipinski definition) is 1. The van der Waals surface area contributed by atoms with Crippen molar-refractivity contribution in [3.8, 4) is 0 Å². The summed E-state index contributed by atoms with van der Waals surface area (Å²) < 4.78 is 6.60. The predicted molar refractivity (Wildman–Crippen MR) is 166 cm³/mol. The van der Waals surface area contributed by atoms with Gasteiger partial charge in [-0.15, -0.1) is 0 Å². The Morgan fingerprint density at radius 1 is 1.07 bits per heavy atom. The molecule has 0 radical (unpaired) electrons. The summed E-state index contributed by atoms with van der Waals surface area (Å²) in [5.41, 5.74) is 1.35. The van der Waals surface area contributed by atoms with Crippen molar-refractivity contribution >= 4 is 17.5 Å². The lowest BCUT2D eigenvalue weighted by Gasteiger charge is -2.50. The number of hydrogen-bond acceptors (Lipinski definition) is 3. The molecular weight excluding hydrogens is 524 g/mol. The van der Waals surface area contributed by atoms with E-state index < -0.39 is 0 Å². The second-order valence-electron chi connectivity index (χ2n) is 13.2. The monoisotopic (exact) mass is 578 g/mol. The first-order chi connectivity index (χ1) is 17.7. The number of carbonyl (C=O) groups is 1. The Bertz CT molecular complexity index is 966. The molecule has 0 spiro atoms. The molecule has 1 saturated carbocycles. The van der Waals surface area contributed by atoms with Crippen molar-refractivity contribution in [3.05, 3.63) is 47.0 Å². The van der Waals surface area contributed by atoms with Crippen LogP contribution >= 0.6 is 11.6 Å². The highest BCUT2D eigenvalue weighted by Crippen LogP contribution is 2.46. The van der Waals surface area contributed by atoms with Gasteiger partial charge in [-0.25, -0.2) is 0 Å². The molecule has 0 bridgehead atoms. The van der Waals surface area contributed by atoms with E-state index in [0.717, 1.165) is 37.5 Å². The first-order valence-electron chi connectivity index (χ1n) is 14.8. The van der Waals surface area contributed by atoms with E-state index in [1.165, 1.54) is 37.7 Å². The van der Waals surface area contributed by atoms with Gasteiger partial charge in [0.25, 0.3) is 0 Å². The maximum absolute atomic E-state index is 14.0. The molecule has 1 amide bonds. The highest BCUT2D eigenvalue weighted by atomic mass is 35.5. The number of rotatable bonds is 6. The fourth-order valence-electron chi connectivity index (χ4n) is 7.96. The summed E-state index contributed by atoms with van der Waals surface area (Å²) in [6.45, 7) is 11.6. The Kier molecular flexibility index (Phi) is 12.7. The van der Waals surface area contributed by atoms with Crippen molar-refractivity contribution in [2.24, 2.45) is 29.1 Å². The van der Waals surface area contributed by atoms with Gasteiger partial charge in [-0.2, -0.15) is 0 Å². The quantitative estimate of drug-likeness (QED) is 0.430. The van der Waals surface area contributed by atoms with Gasteiger partial charge in [0, 0.05) is 18.1 Å². The molecule has 40 heavy (non-hydrogen) atoms. The van der Waals surface area contributed by atoms with Crippen molar-refractivity contribution in [2.45, 2.75) is 104 Å². The van der Waals surface area contributed by atoms with Crippen LogP contribution in [0, 0.1) is 29.1 Å². The van der Waals surface area contributed by atoms with Gasteiger partial charge in [-0.05, 0) is 91.3 Å². The third kappa shape index (κ3) is 7.30. The summed E-state index contributed by atoms with van der Waals surface area (Å²) in [6.07, 6.45) is 13.7. The number of piperidine rings is 1. The fraction of sp³-hybridized carbons (Fsp3) is 0.727. The van der Waals surface area contributed by atoms with Crippen molar-refractivity contribution in [1.82, 2.24) is 10.2 Å². The molecule has 1 aromatic carbocycles. The van der Waals surface area contributed by atoms with E-state index in [4.69, 9.17) is 16.3 Å². The SMILES string of the molecule is C.CC(C)[C@@H](NCC1C2CCC=CC2OC2CCCCC21)C(=O)N1CCC(c2ccc(Cl)cc2)C(C)(C)C1.O.O. The molecule has 0 aromatic heterocycles. The average molecular weight is 579 g/mol. The number of benzene rings is 1. The van der Waals surface area contributed by atoms with Gasteiger partial charge in [0.15, 0.2) is 0 Å². The van der Waals surface area contributed by atoms with Crippen LogP contribution in [0.1, 0.15) is 91.5 Å². The van der Waals surface area contributed by atoms with Gasteiger partial charge in [-0.1, -0.05) is 83.8 Å². The molecule has 228 valence electrons. The molecule has 7 heteroatoms. The maximum Gasteiger partial charge on any atom is 0.239 e. The van der Waals surface area contributed by atoms with Crippen LogP contribution in [-0.2, 0) is 9.53 Å². The molecular formula is C33H55ClN2O4. The van der Waals surface area contributed by atoms with E-state index in [0.29, 0.717) is 29.8 Å². The fourth-order valence-corrected chi connectivity index (χ4v) is 8.09. The molecule has 2 aliphatic carbocycles. The number of amides is 1. The van der Waals surface area contributed by atoms with Crippen LogP contribution in [0.5, 0.6) is 0 Å². The number of carbonyl (C=O) groups excluding carboxylic acids is 1. The highest BCUT2D eigenvalue weighted by Gasteiger charge is 2.46. The Hall–Kier alpha value is -1.44. The molecule has 4 aliphatic rings. The van der Waals surface area contributed by atoms with Gasteiger partial charge >= 0.3 is 0 Å². The van der Waals surface area contributed by atoms with Crippen LogP contribution < -0.4 is 5.32 Å². The number of allylic oxidation sites excluding steroid dienone is 1. The van der Waals surface area contributed by atoms with Crippen LogP contribution in [0.15, 0.2) is 36.4 Å². The minimum absolute atomic E-state index is 0. The number of halogens is 1.